The van der Waals surface area contributed by atoms with Crippen molar-refractivity contribution in [1.82, 2.24) is 15.5 Å². The number of amides is 1. The smallest absolute Gasteiger partial charge is 0.225 e. The SMILES string of the molecule is CN=C(NCC1C2Cc3ccccc3C12)NC1CCN(C(=O)C(C)C)C1. The maximum Gasteiger partial charge on any atom is 0.225 e. The van der Waals surface area contributed by atoms with E-state index in [2.05, 4.69) is 39.9 Å². The van der Waals surface area contributed by atoms with E-state index in [1.807, 2.05) is 25.8 Å². The third kappa shape index (κ3) is 3.19. The zero-order valence-electron chi connectivity index (χ0n) is 16.0. The second-order valence-electron chi connectivity index (χ2n) is 8.28. The Morgan fingerprint density at radius 2 is 2.15 bits per heavy atom. The Hall–Kier alpha value is -2.04. The molecule has 140 valence electrons. The fourth-order valence-corrected chi connectivity index (χ4v) is 4.81. The maximum atomic E-state index is 12.1. The maximum absolute atomic E-state index is 12.1. The van der Waals surface area contributed by atoms with Crippen molar-refractivity contribution in [3.05, 3.63) is 35.4 Å². The highest BCUT2D eigenvalue weighted by molar-refractivity contribution is 5.81. The molecule has 0 spiro atoms. The summed E-state index contributed by atoms with van der Waals surface area (Å²) in [4.78, 5) is 18.5. The van der Waals surface area contributed by atoms with Crippen LogP contribution in [-0.4, -0.2) is 49.5 Å². The molecule has 4 atom stereocenters. The number of guanidine groups is 1. The minimum atomic E-state index is 0.0725. The first-order valence-corrected chi connectivity index (χ1v) is 9.92. The molecule has 4 rings (SSSR count). The molecule has 0 radical (unpaired) electrons. The number of nitrogens with zero attached hydrogens (tertiary/aromatic N) is 2. The van der Waals surface area contributed by atoms with Gasteiger partial charge in [-0.15, -0.1) is 0 Å². The van der Waals surface area contributed by atoms with Crippen LogP contribution in [0.4, 0.5) is 0 Å². The number of aliphatic imine (C=N–C) groups is 1. The van der Waals surface area contributed by atoms with Gasteiger partial charge in [0, 0.05) is 38.6 Å². The number of carbonyl (C=O) groups excluding carboxylic acids is 1. The summed E-state index contributed by atoms with van der Waals surface area (Å²) in [6.07, 6.45) is 2.22. The van der Waals surface area contributed by atoms with Crippen molar-refractivity contribution in [2.24, 2.45) is 22.7 Å². The van der Waals surface area contributed by atoms with E-state index in [-0.39, 0.29) is 11.8 Å². The van der Waals surface area contributed by atoms with Crippen LogP contribution in [0.15, 0.2) is 29.3 Å². The van der Waals surface area contributed by atoms with Crippen LogP contribution in [0, 0.1) is 17.8 Å². The van der Waals surface area contributed by atoms with Crippen molar-refractivity contribution in [1.29, 1.82) is 0 Å². The van der Waals surface area contributed by atoms with E-state index < -0.39 is 0 Å². The Bertz CT molecular complexity index is 714. The van der Waals surface area contributed by atoms with E-state index in [1.165, 1.54) is 6.42 Å². The van der Waals surface area contributed by atoms with E-state index in [9.17, 15) is 4.79 Å². The van der Waals surface area contributed by atoms with Gasteiger partial charge in [-0.05, 0) is 41.7 Å². The van der Waals surface area contributed by atoms with Crippen molar-refractivity contribution in [2.75, 3.05) is 26.7 Å². The summed E-state index contributed by atoms with van der Waals surface area (Å²) in [5, 5.41) is 7.02. The quantitative estimate of drug-likeness (QED) is 0.642. The van der Waals surface area contributed by atoms with Crippen LogP contribution in [0.25, 0.3) is 0 Å². The number of likely N-dealkylation sites (tertiary alicyclic amines) is 1. The molecule has 4 unspecified atom stereocenters. The third-order valence-corrected chi connectivity index (χ3v) is 6.26. The highest BCUT2D eigenvalue weighted by Crippen LogP contribution is 2.60. The van der Waals surface area contributed by atoms with E-state index in [0.717, 1.165) is 49.8 Å². The summed E-state index contributed by atoms with van der Waals surface area (Å²) in [5.41, 5.74) is 3.10. The van der Waals surface area contributed by atoms with Gasteiger partial charge < -0.3 is 15.5 Å². The molecule has 1 aromatic carbocycles. The van der Waals surface area contributed by atoms with E-state index in [4.69, 9.17) is 0 Å². The molecule has 2 aliphatic carbocycles. The molecule has 1 aliphatic heterocycles. The summed E-state index contributed by atoms with van der Waals surface area (Å²) in [6, 6.07) is 9.18. The third-order valence-electron chi connectivity index (χ3n) is 6.26. The zero-order valence-corrected chi connectivity index (χ0v) is 16.0. The summed E-state index contributed by atoms with van der Waals surface area (Å²) in [6.45, 7) is 6.53. The molecule has 5 nitrogen and oxygen atoms in total. The number of fused-ring (bicyclic) bond motifs is 3. The van der Waals surface area contributed by atoms with Crippen LogP contribution < -0.4 is 10.6 Å². The lowest BCUT2D eigenvalue weighted by Crippen LogP contribution is -2.46. The van der Waals surface area contributed by atoms with Gasteiger partial charge >= 0.3 is 0 Å². The minimum absolute atomic E-state index is 0.0725. The van der Waals surface area contributed by atoms with Gasteiger partial charge in [-0.3, -0.25) is 9.79 Å². The Morgan fingerprint density at radius 1 is 1.35 bits per heavy atom. The molecular weight excluding hydrogens is 324 g/mol. The predicted octanol–water partition coefficient (Wildman–Crippen LogP) is 1.99. The molecule has 1 saturated heterocycles. The Labute approximate surface area is 156 Å². The fraction of sp³-hybridized carbons (Fsp3) is 0.619. The molecule has 26 heavy (non-hydrogen) atoms. The lowest BCUT2D eigenvalue weighted by atomic mass is 10.0. The highest BCUT2D eigenvalue weighted by atomic mass is 16.2. The van der Waals surface area contributed by atoms with Crippen LogP contribution in [0.3, 0.4) is 0 Å². The summed E-state index contributed by atoms with van der Waals surface area (Å²) >= 11 is 0. The predicted molar refractivity (Wildman–Crippen MR) is 104 cm³/mol. The van der Waals surface area contributed by atoms with Crippen molar-refractivity contribution in [3.8, 4) is 0 Å². The molecule has 1 heterocycles. The summed E-state index contributed by atoms with van der Waals surface area (Å²) < 4.78 is 0. The van der Waals surface area contributed by atoms with Gasteiger partial charge in [0.05, 0.1) is 0 Å². The van der Waals surface area contributed by atoms with Crippen molar-refractivity contribution in [3.63, 3.8) is 0 Å². The molecule has 1 aromatic rings. The minimum Gasteiger partial charge on any atom is -0.356 e. The van der Waals surface area contributed by atoms with E-state index >= 15 is 0 Å². The first-order chi connectivity index (χ1) is 12.6. The van der Waals surface area contributed by atoms with Crippen LogP contribution in [0.5, 0.6) is 0 Å². The molecule has 2 fully saturated rings. The van der Waals surface area contributed by atoms with Gasteiger partial charge in [-0.25, -0.2) is 0 Å². The van der Waals surface area contributed by atoms with E-state index in [1.54, 1.807) is 11.1 Å². The van der Waals surface area contributed by atoms with Gasteiger partial charge in [-0.2, -0.15) is 0 Å². The van der Waals surface area contributed by atoms with Crippen LogP contribution in [-0.2, 0) is 11.2 Å². The lowest BCUT2D eigenvalue weighted by molar-refractivity contribution is -0.133. The van der Waals surface area contributed by atoms with Crippen molar-refractivity contribution >= 4 is 11.9 Å². The zero-order chi connectivity index (χ0) is 18.3. The highest BCUT2D eigenvalue weighted by Gasteiger charge is 2.54. The number of nitrogens with one attached hydrogen (secondary N) is 2. The first-order valence-electron chi connectivity index (χ1n) is 9.92. The van der Waals surface area contributed by atoms with Crippen molar-refractivity contribution in [2.45, 2.75) is 38.6 Å². The second-order valence-corrected chi connectivity index (χ2v) is 8.28. The number of rotatable bonds is 4. The van der Waals surface area contributed by atoms with Gasteiger partial charge in [-0.1, -0.05) is 38.1 Å². The van der Waals surface area contributed by atoms with Crippen molar-refractivity contribution < 1.29 is 4.79 Å². The Morgan fingerprint density at radius 3 is 2.92 bits per heavy atom. The lowest BCUT2D eigenvalue weighted by Gasteiger charge is -2.20. The average Bonchev–Trinajstić information content (AvgIpc) is 2.99. The molecule has 0 bridgehead atoms. The molecule has 1 saturated carbocycles. The fourth-order valence-electron chi connectivity index (χ4n) is 4.81. The number of benzene rings is 1. The monoisotopic (exact) mass is 354 g/mol. The first kappa shape index (κ1) is 17.4. The summed E-state index contributed by atoms with van der Waals surface area (Å²) in [7, 11) is 1.82. The molecule has 0 aromatic heterocycles. The molecule has 3 aliphatic rings. The van der Waals surface area contributed by atoms with Crippen LogP contribution in [0.2, 0.25) is 0 Å². The van der Waals surface area contributed by atoms with Gasteiger partial charge in [0.2, 0.25) is 5.91 Å². The van der Waals surface area contributed by atoms with Gasteiger partial charge in [0.15, 0.2) is 5.96 Å². The van der Waals surface area contributed by atoms with Gasteiger partial charge in [0.25, 0.3) is 0 Å². The van der Waals surface area contributed by atoms with Crippen LogP contribution >= 0.6 is 0 Å². The Balaban J connectivity index is 1.25. The van der Waals surface area contributed by atoms with Crippen LogP contribution in [0.1, 0.15) is 37.3 Å². The normalized spacial score (nSPS) is 29.5. The summed E-state index contributed by atoms with van der Waals surface area (Å²) in [5.74, 6) is 3.47. The number of hydrogen-bond donors (Lipinski definition) is 2. The number of hydrogen-bond acceptors (Lipinski definition) is 2. The van der Waals surface area contributed by atoms with E-state index in [0.29, 0.717) is 6.04 Å². The molecule has 1 amide bonds. The van der Waals surface area contributed by atoms with Gasteiger partial charge in [0.1, 0.15) is 0 Å². The Kier molecular flexibility index (Phi) is 4.63. The molecule has 2 N–H and O–H groups in total. The largest absolute Gasteiger partial charge is 0.356 e. The second kappa shape index (κ2) is 6.93. The topological polar surface area (TPSA) is 56.7 Å². The number of carbonyl (C=O) groups is 1. The molecular formula is C21H30N4O. The standard InChI is InChI=1S/C21H30N4O/c1-13(2)20(26)25-9-8-15(12-25)24-21(22-3)23-11-18-17-10-14-6-4-5-7-16(14)19(17)18/h4-7,13,15,17-19H,8-12H2,1-3H3,(H2,22,23,24). The average molecular weight is 354 g/mol. The molecule has 5 heteroatoms.